The molecule has 0 bridgehead atoms. The number of hydrogen-bond acceptors (Lipinski definition) is 1. The number of aryl methyl sites for hydroxylation is 1. The summed E-state index contributed by atoms with van der Waals surface area (Å²) < 4.78 is 6.55. The largest absolute Gasteiger partial charge is 0.426 e. The zero-order valence-electron chi connectivity index (χ0n) is 14.4. The molecule has 21 heavy (non-hydrogen) atoms. The molecule has 1 aliphatic carbocycles. The lowest BCUT2D eigenvalue weighted by atomic mass is 9.49. The molecule has 1 aliphatic heterocycles. The first kappa shape index (κ1) is 15.2. The first-order valence-corrected chi connectivity index (χ1v) is 8.61. The van der Waals surface area contributed by atoms with E-state index in [1.807, 2.05) is 0 Å². The van der Waals surface area contributed by atoms with E-state index in [9.17, 15) is 0 Å². The summed E-state index contributed by atoms with van der Waals surface area (Å²) in [6.07, 6.45) is 7.61. The molecule has 2 heteroatoms. The first-order valence-electron chi connectivity index (χ1n) is 8.61. The topological polar surface area (TPSA) is 9.23 Å². The van der Waals surface area contributed by atoms with E-state index in [0.717, 1.165) is 6.32 Å². The Morgan fingerprint density at radius 2 is 1.76 bits per heavy atom. The fourth-order valence-corrected chi connectivity index (χ4v) is 3.97. The molecule has 1 aromatic rings. The van der Waals surface area contributed by atoms with E-state index in [1.165, 1.54) is 43.1 Å². The van der Waals surface area contributed by atoms with E-state index in [0.29, 0.717) is 0 Å². The minimum atomic E-state index is -0.0573. The van der Waals surface area contributed by atoms with Gasteiger partial charge in [-0.25, -0.2) is 0 Å². The Labute approximate surface area is 130 Å². The molecular weight excluding hydrogens is 255 g/mol. The number of rotatable bonds is 1. The predicted molar refractivity (Wildman–Crippen MR) is 91.6 cm³/mol. The highest BCUT2D eigenvalue weighted by molar-refractivity contribution is 6.68. The van der Waals surface area contributed by atoms with Crippen molar-refractivity contribution in [3.63, 3.8) is 0 Å². The normalized spacial score (nSPS) is 23.8. The third-order valence-electron chi connectivity index (χ3n) is 6.31. The van der Waals surface area contributed by atoms with Gasteiger partial charge in [-0.2, -0.15) is 0 Å². The molecular formula is C19H29BO. The maximum atomic E-state index is 6.55. The molecule has 1 fully saturated rings. The van der Waals surface area contributed by atoms with Crippen molar-refractivity contribution < 1.29 is 4.65 Å². The maximum absolute atomic E-state index is 6.55. The van der Waals surface area contributed by atoms with Crippen molar-refractivity contribution in [2.45, 2.75) is 78.6 Å². The van der Waals surface area contributed by atoms with Gasteiger partial charge in [0.1, 0.15) is 0 Å². The van der Waals surface area contributed by atoms with Gasteiger partial charge in [0, 0.05) is 0 Å². The van der Waals surface area contributed by atoms with E-state index in [2.05, 4.69) is 46.8 Å². The highest BCUT2D eigenvalue weighted by Crippen LogP contribution is 2.43. The van der Waals surface area contributed by atoms with Crippen LogP contribution in [0.25, 0.3) is 0 Å². The number of hydrogen-bond donors (Lipinski definition) is 0. The summed E-state index contributed by atoms with van der Waals surface area (Å²) in [5.41, 5.74) is 6.35. The van der Waals surface area contributed by atoms with Crippen LogP contribution in [0.1, 0.15) is 63.6 Å². The molecule has 114 valence electrons. The average Bonchev–Trinajstić information content (AvgIpc) is 2.43. The zero-order valence-corrected chi connectivity index (χ0v) is 14.4. The molecule has 0 amide bonds. The fourth-order valence-electron chi connectivity index (χ4n) is 3.97. The van der Waals surface area contributed by atoms with Crippen molar-refractivity contribution in [2.75, 3.05) is 0 Å². The molecule has 0 atom stereocenters. The Bertz CT molecular complexity index is 545. The van der Waals surface area contributed by atoms with Gasteiger partial charge in [0.15, 0.2) is 0 Å². The van der Waals surface area contributed by atoms with Crippen LogP contribution in [0.15, 0.2) is 12.1 Å². The van der Waals surface area contributed by atoms with Crippen LogP contribution in [-0.4, -0.2) is 12.5 Å². The van der Waals surface area contributed by atoms with Crippen molar-refractivity contribution in [2.24, 2.45) is 5.41 Å². The minimum absolute atomic E-state index is 0.0573. The van der Waals surface area contributed by atoms with Crippen LogP contribution < -0.4 is 5.46 Å². The average molecular weight is 284 g/mol. The van der Waals surface area contributed by atoms with Gasteiger partial charge in [0.05, 0.1) is 5.60 Å². The fraction of sp³-hybridized carbons (Fsp3) is 0.684. The van der Waals surface area contributed by atoms with E-state index in [1.54, 1.807) is 11.1 Å². The highest BCUT2D eigenvalue weighted by Gasteiger charge is 2.45. The predicted octanol–water partition coefficient (Wildman–Crippen LogP) is 4.30. The van der Waals surface area contributed by atoms with Crippen LogP contribution in [-0.2, 0) is 17.5 Å². The molecule has 1 saturated heterocycles. The molecule has 1 heterocycles. The number of fused-ring (bicyclic) bond motifs is 1. The Balaban J connectivity index is 1.92. The molecule has 2 aliphatic rings. The molecule has 0 unspecified atom stereocenters. The summed E-state index contributed by atoms with van der Waals surface area (Å²) in [5, 5.41) is 0. The van der Waals surface area contributed by atoms with Crippen LogP contribution in [0, 0.1) is 12.3 Å². The Morgan fingerprint density at radius 3 is 2.48 bits per heavy atom. The monoisotopic (exact) mass is 284 g/mol. The summed E-state index contributed by atoms with van der Waals surface area (Å²) in [4.78, 5) is 0. The SMILES string of the molecule is Cc1c(B2CCC(C)(C)C(C)(C)O2)ccc2c1CCCC2. The second-order valence-corrected chi connectivity index (χ2v) is 8.16. The standard InChI is InChI=1S/C19H29BO/c1-14-16-9-7-6-8-15(16)10-11-17(14)20-13-12-18(2,3)19(4,5)21-20/h10-11H,6-9,12-13H2,1-5H3. The summed E-state index contributed by atoms with van der Waals surface area (Å²) in [6, 6.07) is 4.71. The summed E-state index contributed by atoms with van der Waals surface area (Å²) in [5.74, 6) is 0. The van der Waals surface area contributed by atoms with Gasteiger partial charge in [-0.1, -0.05) is 31.5 Å². The lowest BCUT2D eigenvalue weighted by molar-refractivity contribution is -0.0311. The smallest absolute Gasteiger partial charge is 0.327 e. The van der Waals surface area contributed by atoms with Crippen molar-refractivity contribution >= 4 is 12.4 Å². The van der Waals surface area contributed by atoms with Gasteiger partial charge in [-0.3, -0.25) is 0 Å². The van der Waals surface area contributed by atoms with Crippen molar-refractivity contribution in [1.29, 1.82) is 0 Å². The molecule has 0 N–H and O–H groups in total. The Morgan fingerprint density at radius 1 is 1.05 bits per heavy atom. The van der Waals surface area contributed by atoms with Crippen molar-refractivity contribution in [1.82, 2.24) is 0 Å². The molecule has 0 radical (unpaired) electrons. The Hall–Kier alpha value is -0.755. The first-order chi connectivity index (χ1) is 9.82. The quantitative estimate of drug-likeness (QED) is 0.699. The van der Waals surface area contributed by atoms with Gasteiger partial charge in [0.2, 0.25) is 0 Å². The van der Waals surface area contributed by atoms with Gasteiger partial charge in [0.25, 0.3) is 0 Å². The van der Waals surface area contributed by atoms with E-state index >= 15 is 0 Å². The van der Waals surface area contributed by atoms with E-state index in [4.69, 9.17) is 4.65 Å². The molecule has 0 spiro atoms. The van der Waals surface area contributed by atoms with Gasteiger partial charge in [-0.15, -0.1) is 0 Å². The van der Waals surface area contributed by atoms with Gasteiger partial charge >= 0.3 is 6.92 Å². The van der Waals surface area contributed by atoms with Gasteiger partial charge in [-0.05, 0) is 81.2 Å². The molecule has 0 saturated carbocycles. The van der Waals surface area contributed by atoms with Crippen LogP contribution in [0.4, 0.5) is 0 Å². The van der Waals surface area contributed by atoms with Crippen molar-refractivity contribution in [3.05, 3.63) is 28.8 Å². The van der Waals surface area contributed by atoms with Crippen LogP contribution in [0.5, 0.6) is 0 Å². The van der Waals surface area contributed by atoms with E-state index in [-0.39, 0.29) is 17.9 Å². The van der Waals surface area contributed by atoms with Crippen LogP contribution in [0.2, 0.25) is 6.32 Å². The second kappa shape index (κ2) is 5.16. The van der Waals surface area contributed by atoms with Crippen molar-refractivity contribution in [3.8, 4) is 0 Å². The molecule has 1 nitrogen and oxygen atoms in total. The molecule has 3 rings (SSSR count). The maximum Gasteiger partial charge on any atom is 0.327 e. The van der Waals surface area contributed by atoms with Gasteiger partial charge < -0.3 is 4.65 Å². The second-order valence-electron chi connectivity index (χ2n) is 8.16. The summed E-state index contributed by atoms with van der Waals surface area (Å²) >= 11 is 0. The third-order valence-corrected chi connectivity index (χ3v) is 6.31. The number of benzene rings is 1. The Kier molecular flexibility index (Phi) is 3.72. The van der Waals surface area contributed by atoms with Crippen LogP contribution in [0.3, 0.4) is 0 Å². The summed E-state index contributed by atoms with van der Waals surface area (Å²) in [6.45, 7) is 11.8. The lowest BCUT2D eigenvalue weighted by Crippen LogP contribution is -2.54. The van der Waals surface area contributed by atoms with E-state index < -0.39 is 0 Å². The molecule has 0 aromatic heterocycles. The minimum Gasteiger partial charge on any atom is -0.426 e. The summed E-state index contributed by atoms with van der Waals surface area (Å²) in [7, 11) is 0. The third kappa shape index (κ3) is 2.56. The lowest BCUT2D eigenvalue weighted by Gasteiger charge is -2.48. The highest BCUT2D eigenvalue weighted by atomic mass is 16.5. The zero-order chi connectivity index (χ0) is 15.3. The van der Waals surface area contributed by atoms with Crippen LogP contribution >= 0.6 is 0 Å². The molecule has 1 aromatic carbocycles.